The first-order valence-corrected chi connectivity index (χ1v) is 6.28. The lowest BCUT2D eigenvalue weighted by atomic mass is 10.1. The zero-order valence-corrected chi connectivity index (χ0v) is 11.2. The number of rotatable bonds is 8. The van der Waals surface area contributed by atoms with E-state index in [9.17, 15) is 0 Å². The quantitative estimate of drug-likeness (QED) is 0.516. The van der Waals surface area contributed by atoms with Crippen LogP contribution in [0.3, 0.4) is 0 Å². The summed E-state index contributed by atoms with van der Waals surface area (Å²) in [6, 6.07) is 0.287. The Morgan fingerprint density at radius 3 is 2.88 bits per heavy atom. The van der Waals surface area contributed by atoms with Gasteiger partial charge >= 0.3 is 0 Å². The number of hydrogen-bond acceptors (Lipinski definition) is 4. The predicted octanol–water partition coefficient (Wildman–Crippen LogP) is 0.619. The molecule has 0 spiro atoms. The molecule has 5 heteroatoms. The summed E-state index contributed by atoms with van der Waals surface area (Å²) in [7, 11) is 4.15. The van der Waals surface area contributed by atoms with E-state index in [0.717, 1.165) is 38.2 Å². The van der Waals surface area contributed by atoms with Gasteiger partial charge in [0.15, 0.2) is 0 Å². The lowest BCUT2D eigenvalue weighted by Crippen LogP contribution is -2.39. The average molecular weight is 239 g/mol. The van der Waals surface area contributed by atoms with Crippen LogP contribution in [0.5, 0.6) is 0 Å². The summed E-state index contributed by atoms with van der Waals surface area (Å²) in [6.45, 7) is 4.23. The van der Waals surface area contributed by atoms with Crippen molar-refractivity contribution in [3.63, 3.8) is 0 Å². The fourth-order valence-electron chi connectivity index (χ4n) is 1.85. The Bertz CT molecular complexity index is 308. The number of aromatic nitrogens is 2. The van der Waals surface area contributed by atoms with Crippen LogP contribution in [0.15, 0.2) is 12.4 Å². The van der Waals surface area contributed by atoms with Gasteiger partial charge in [-0.1, -0.05) is 6.92 Å². The molecule has 5 nitrogen and oxygen atoms in total. The first-order chi connectivity index (χ1) is 8.17. The van der Waals surface area contributed by atoms with Crippen LogP contribution in [0.25, 0.3) is 0 Å². The van der Waals surface area contributed by atoms with Crippen molar-refractivity contribution in [2.24, 2.45) is 5.84 Å². The van der Waals surface area contributed by atoms with E-state index in [2.05, 4.69) is 40.9 Å². The standard InChI is InChI=1S/C12H25N5/c1-4-7-17-9-6-14-12(17)10-11(15-13)5-8-16(2)3/h6,9,11,15H,4-5,7-8,10,13H2,1-3H3. The van der Waals surface area contributed by atoms with Gasteiger partial charge in [0.2, 0.25) is 0 Å². The molecular formula is C12H25N5. The highest BCUT2D eigenvalue weighted by Crippen LogP contribution is 2.05. The molecule has 98 valence electrons. The summed E-state index contributed by atoms with van der Waals surface area (Å²) in [5.74, 6) is 6.71. The summed E-state index contributed by atoms with van der Waals surface area (Å²) in [4.78, 5) is 6.57. The maximum atomic E-state index is 5.59. The second-order valence-electron chi connectivity index (χ2n) is 4.70. The largest absolute Gasteiger partial charge is 0.335 e. The third kappa shape index (κ3) is 4.85. The van der Waals surface area contributed by atoms with Crippen LogP contribution in [0.1, 0.15) is 25.6 Å². The van der Waals surface area contributed by atoms with Crippen molar-refractivity contribution in [1.82, 2.24) is 19.9 Å². The topological polar surface area (TPSA) is 59.1 Å². The fraction of sp³-hybridized carbons (Fsp3) is 0.750. The fourth-order valence-corrected chi connectivity index (χ4v) is 1.85. The molecule has 1 aromatic rings. The van der Waals surface area contributed by atoms with Crippen LogP contribution in [0.2, 0.25) is 0 Å². The Kier molecular flexibility index (Phi) is 6.18. The highest BCUT2D eigenvalue weighted by molar-refractivity contribution is 4.95. The normalized spacial score (nSPS) is 13.2. The Morgan fingerprint density at radius 2 is 2.29 bits per heavy atom. The van der Waals surface area contributed by atoms with Crippen molar-refractivity contribution in [1.29, 1.82) is 0 Å². The molecule has 1 unspecified atom stereocenters. The van der Waals surface area contributed by atoms with Crippen LogP contribution < -0.4 is 11.3 Å². The minimum atomic E-state index is 0.287. The number of hydrogen-bond donors (Lipinski definition) is 2. The van der Waals surface area contributed by atoms with Crippen LogP contribution in [-0.2, 0) is 13.0 Å². The summed E-state index contributed by atoms with van der Waals surface area (Å²) in [6.07, 6.45) is 6.95. The third-order valence-electron chi connectivity index (χ3n) is 2.86. The zero-order valence-electron chi connectivity index (χ0n) is 11.2. The van der Waals surface area contributed by atoms with E-state index in [1.807, 2.05) is 12.4 Å². The smallest absolute Gasteiger partial charge is 0.110 e. The van der Waals surface area contributed by atoms with Gasteiger partial charge in [0.25, 0.3) is 0 Å². The first kappa shape index (κ1) is 14.2. The number of aryl methyl sites for hydroxylation is 1. The molecular weight excluding hydrogens is 214 g/mol. The van der Waals surface area contributed by atoms with Crippen LogP contribution >= 0.6 is 0 Å². The molecule has 0 saturated carbocycles. The summed E-state index contributed by atoms with van der Waals surface area (Å²) >= 11 is 0. The molecule has 1 rings (SSSR count). The molecule has 1 atom stereocenters. The van der Waals surface area contributed by atoms with Crippen LogP contribution in [-0.4, -0.2) is 41.1 Å². The van der Waals surface area contributed by atoms with E-state index in [1.165, 1.54) is 0 Å². The van der Waals surface area contributed by atoms with Crippen molar-refractivity contribution in [2.45, 2.75) is 38.8 Å². The van der Waals surface area contributed by atoms with Gasteiger partial charge in [-0.05, 0) is 33.5 Å². The summed E-state index contributed by atoms with van der Waals surface area (Å²) < 4.78 is 2.21. The molecule has 0 amide bonds. The van der Waals surface area contributed by atoms with Crippen molar-refractivity contribution in [2.75, 3.05) is 20.6 Å². The summed E-state index contributed by atoms with van der Waals surface area (Å²) in [5.41, 5.74) is 2.89. The molecule has 0 bridgehead atoms. The highest BCUT2D eigenvalue weighted by Gasteiger charge is 2.11. The SMILES string of the molecule is CCCn1ccnc1CC(CCN(C)C)NN. The Hall–Kier alpha value is -0.910. The van der Waals surface area contributed by atoms with E-state index in [1.54, 1.807) is 0 Å². The molecule has 1 heterocycles. The lowest BCUT2D eigenvalue weighted by Gasteiger charge is -2.18. The number of nitrogens with zero attached hydrogens (tertiary/aromatic N) is 3. The van der Waals surface area contributed by atoms with Gasteiger partial charge in [0, 0.05) is 31.4 Å². The maximum absolute atomic E-state index is 5.59. The highest BCUT2D eigenvalue weighted by atomic mass is 15.2. The van der Waals surface area contributed by atoms with Gasteiger partial charge < -0.3 is 9.47 Å². The molecule has 0 aliphatic rings. The van der Waals surface area contributed by atoms with Crippen molar-refractivity contribution in [3.8, 4) is 0 Å². The molecule has 0 radical (unpaired) electrons. The minimum absolute atomic E-state index is 0.287. The van der Waals surface area contributed by atoms with Gasteiger partial charge in [0.1, 0.15) is 5.82 Å². The Morgan fingerprint density at radius 1 is 1.53 bits per heavy atom. The average Bonchev–Trinajstić information content (AvgIpc) is 2.72. The molecule has 0 aliphatic carbocycles. The van der Waals surface area contributed by atoms with Crippen LogP contribution in [0, 0.1) is 0 Å². The molecule has 0 saturated heterocycles. The van der Waals surface area contributed by atoms with E-state index >= 15 is 0 Å². The van der Waals surface area contributed by atoms with Gasteiger partial charge in [-0.2, -0.15) is 0 Å². The molecule has 0 aliphatic heterocycles. The Labute approximate surface area is 104 Å². The van der Waals surface area contributed by atoms with E-state index in [4.69, 9.17) is 5.84 Å². The number of nitrogens with one attached hydrogen (secondary N) is 1. The van der Waals surface area contributed by atoms with Gasteiger partial charge in [-0.3, -0.25) is 11.3 Å². The molecule has 3 N–H and O–H groups in total. The van der Waals surface area contributed by atoms with Crippen molar-refractivity contribution >= 4 is 0 Å². The van der Waals surface area contributed by atoms with Crippen LogP contribution in [0.4, 0.5) is 0 Å². The molecule has 1 aromatic heterocycles. The predicted molar refractivity (Wildman–Crippen MR) is 70.5 cm³/mol. The van der Waals surface area contributed by atoms with Crippen molar-refractivity contribution < 1.29 is 0 Å². The van der Waals surface area contributed by atoms with Gasteiger partial charge in [-0.25, -0.2) is 4.98 Å². The van der Waals surface area contributed by atoms with Gasteiger partial charge in [0.05, 0.1) is 0 Å². The minimum Gasteiger partial charge on any atom is -0.335 e. The second-order valence-corrected chi connectivity index (χ2v) is 4.70. The monoisotopic (exact) mass is 239 g/mol. The summed E-state index contributed by atoms with van der Waals surface area (Å²) in [5, 5.41) is 0. The van der Waals surface area contributed by atoms with E-state index < -0.39 is 0 Å². The maximum Gasteiger partial charge on any atom is 0.110 e. The third-order valence-corrected chi connectivity index (χ3v) is 2.86. The molecule has 0 fully saturated rings. The van der Waals surface area contributed by atoms with Gasteiger partial charge in [-0.15, -0.1) is 0 Å². The molecule has 0 aromatic carbocycles. The number of hydrazine groups is 1. The first-order valence-electron chi connectivity index (χ1n) is 6.28. The van der Waals surface area contributed by atoms with E-state index in [-0.39, 0.29) is 6.04 Å². The second kappa shape index (κ2) is 7.42. The lowest BCUT2D eigenvalue weighted by molar-refractivity contribution is 0.354. The van der Waals surface area contributed by atoms with Crippen molar-refractivity contribution in [3.05, 3.63) is 18.2 Å². The Balaban J connectivity index is 2.51. The van der Waals surface area contributed by atoms with E-state index in [0.29, 0.717) is 0 Å². The molecule has 17 heavy (non-hydrogen) atoms. The number of imidazole rings is 1. The number of nitrogens with two attached hydrogens (primary N) is 1. The zero-order chi connectivity index (χ0) is 12.7.